The molecule has 1 aliphatic rings. The highest BCUT2D eigenvalue weighted by molar-refractivity contribution is 5.84. The molecule has 0 spiro atoms. The number of hydrogen-bond acceptors (Lipinski definition) is 4. The Hall–Kier alpha value is -1.91. The van der Waals surface area contributed by atoms with Crippen LogP contribution in [-0.2, 0) is 4.79 Å². The van der Waals surface area contributed by atoms with Gasteiger partial charge in [0.2, 0.25) is 5.91 Å². The summed E-state index contributed by atoms with van der Waals surface area (Å²) >= 11 is 0. The molecule has 1 aromatic carbocycles. The summed E-state index contributed by atoms with van der Waals surface area (Å²) in [5.74, 6) is 1.56. The lowest BCUT2D eigenvalue weighted by Gasteiger charge is -2.29. The summed E-state index contributed by atoms with van der Waals surface area (Å²) < 4.78 is 10.5. The van der Waals surface area contributed by atoms with Gasteiger partial charge >= 0.3 is 0 Å². The molecule has 1 heterocycles. The third-order valence-corrected chi connectivity index (χ3v) is 3.77. The highest BCUT2D eigenvalue weighted by Gasteiger charge is 2.22. The lowest BCUT2D eigenvalue weighted by Crippen LogP contribution is -2.43. The molecule has 21 heavy (non-hydrogen) atoms. The van der Waals surface area contributed by atoms with Crippen LogP contribution in [0.2, 0.25) is 0 Å². The normalized spacial score (nSPS) is 16.2. The van der Waals surface area contributed by atoms with Crippen molar-refractivity contribution in [2.75, 3.05) is 32.6 Å². The molecule has 0 unspecified atom stereocenters. The molecule has 116 valence electrons. The number of likely N-dealkylation sites (tertiary alicyclic amines) is 1. The fourth-order valence-corrected chi connectivity index (χ4v) is 2.59. The number of anilines is 1. The average Bonchev–Trinajstić information content (AvgIpc) is 2.54. The van der Waals surface area contributed by atoms with E-state index in [4.69, 9.17) is 9.47 Å². The maximum atomic E-state index is 12.4. The Morgan fingerprint density at radius 3 is 2.19 bits per heavy atom. The van der Waals surface area contributed by atoms with Crippen LogP contribution in [0.25, 0.3) is 0 Å². The number of carbonyl (C=O) groups excluding carboxylic acids is 1. The summed E-state index contributed by atoms with van der Waals surface area (Å²) in [5, 5.41) is 3.24. The van der Waals surface area contributed by atoms with Crippen LogP contribution in [0.5, 0.6) is 11.5 Å². The minimum atomic E-state index is -0.264. The summed E-state index contributed by atoms with van der Waals surface area (Å²) in [6.45, 7) is 3.63. The fourth-order valence-electron chi connectivity index (χ4n) is 2.59. The average molecular weight is 292 g/mol. The van der Waals surface area contributed by atoms with Gasteiger partial charge in [-0.15, -0.1) is 0 Å². The predicted molar refractivity (Wildman–Crippen MR) is 83.1 cm³/mol. The van der Waals surface area contributed by atoms with Crippen molar-refractivity contribution < 1.29 is 14.3 Å². The Bertz CT molecular complexity index is 462. The number of piperidine rings is 1. The van der Waals surface area contributed by atoms with Crippen molar-refractivity contribution in [2.24, 2.45) is 0 Å². The van der Waals surface area contributed by atoms with Gasteiger partial charge in [0.1, 0.15) is 17.5 Å². The summed E-state index contributed by atoms with van der Waals surface area (Å²) in [4.78, 5) is 14.4. The second-order valence-corrected chi connectivity index (χ2v) is 5.35. The molecule has 2 rings (SSSR count). The molecule has 0 aliphatic carbocycles. The zero-order chi connectivity index (χ0) is 15.2. The van der Waals surface area contributed by atoms with Crippen molar-refractivity contribution in [3.05, 3.63) is 18.2 Å². The first-order valence-corrected chi connectivity index (χ1v) is 7.42. The molecule has 1 atom stereocenters. The first-order chi connectivity index (χ1) is 10.1. The third-order valence-electron chi connectivity index (χ3n) is 3.77. The first kappa shape index (κ1) is 15.5. The fraction of sp³-hybridized carbons (Fsp3) is 0.562. The zero-order valence-corrected chi connectivity index (χ0v) is 13.0. The number of amides is 1. The molecule has 0 saturated carbocycles. The molecule has 1 saturated heterocycles. The number of methoxy groups -OCH3 is 2. The Morgan fingerprint density at radius 1 is 1.10 bits per heavy atom. The predicted octanol–water partition coefficient (Wildman–Crippen LogP) is 2.52. The molecule has 1 N–H and O–H groups in total. The molecule has 0 aromatic heterocycles. The van der Waals surface area contributed by atoms with Gasteiger partial charge in [0.05, 0.1) is 14.2 Å². The van der Waals surface area contributed by atoms with Gasteiger partial charge in [-0.2, -0.15) is 0 Å². The number of nitrogens with one attached hydrogen (secondary N) is 1. The quantitative estimate of drug-likeness (QED) is 0.906. The molecule has 1 aromatic rings. The number of rotatable bonds is 5. The molecule has 5 nitrogen and oxygen atoms in total. The number of carbonyl (C=O) groups is 1. The molecular formula is C16H24N2O3. The van der Waals surface area contributed by atoms with Gasteiger partial charge in [0, 0.05) is 37.0 Å². The van der Waals surface area contributed by atoms with Crippen LogP contribution in [0.15, 0.2) is 18.2 Å². The van der Waals surface area contributed by atoms with E-state index in [1.165, 1.54) is 6.42 Å². The summed E-state index contributed by atoms with van der Waals surface area (Å²) in [7, 11) is 3.22. The van der Waals surface area contributed by atoms with Crippen LogP contribution in [0.1, 0.15) is 26.2 Å². The first-order valence-electron chi connectivity index (χ1n) is 7.42. The summed E-state index contributed by atoms with van der Waals surface area (Å²) in [5.41, 5.74) is 0.823. The Kier molecular flexibility index (Phi) is 5.31. The van der Waals surface area contributed by atoms with Crippen molar-refractivity contribution in [3.63, 3.8) is 0 Å². The molecule has 0 radical (unpaired) electrons. The van der Waals surface area contributed by atoms with Crippen molar-refractivity contribution in [3.8, 4) is 11.5 Å². The van der Waals surface area contributed by atoms with Gasteiger partial charge < -0.3 is 19.7 Å². The second-order valence-electron chi connectivity index (χ2n) is 5.35. The van der Waals surface area contributed by atoms with Gasteiger partial charge in [-0.1, -0.05) is 0 Å². The maximum absolute atomic E-state index is 12.4. The number of nitrogens with zero attached hydrogens (tertiary/aromatic N) is 1. The van der Waals surface area contributed by atoms with Crippen LogP contribution in [0.4, 0.5) is 5.69 Å². The van der Waals surface area contributed by atoms with Crippen LogP contribution in [0.3, 0.4) is 0 Å². The standard InChI is InChI=1S/C16H24N2O3/c1-12(16(19)18-7-5-4-6-8-18)17-13-9-14(20-2)11-15(10-13)21-3/h9-12,17H,4-8H2,1-3H3/t12-/m0/s1. The van der Waals surface area contributed by atoms with E-state index in [1.807, 2.05) is 30.0 Å². The molecular weight excluding hydrogens is 268 g/mol. The minimum Gasteiger partial charge on any atom is -0.497 e. The smallest absolute Gasteiger partial charge is 0.244 e. The van der Waals surface area contributed by atoms with E-state index in [9.17, 15) is 4.79 Å². The van der Waals surface area contributed by atoms with Crippen LogP contribution in [-0.4, -0.2) is 44.2 Å². The molecule has 1 amide bonds. The Labute approximate surface area is 126 Å². The number of benzene rings is 1. The van der Waals surface area contributed by atoms with Crippen molar-refractivity contribution >= 4 is 11.6 Å². The Balaban J connectivity index is 2.04. The SMILES string of the molecule is COc1cc(N[C@@H](C)C(=O)N2CCCCC2)cc(OC)c1. The van der Waals surface area contributed by atoms with Crippen molar-refractivity contribution in [1.29, 1.82) is 0 Å². The van der Waals surface area contributed by atoms with E-state index in [-0.39, 0.29) is 11.9 Å². The van der Waals surface area contributed by atoms with Gasteiger partial charge in [-0.05, 0) is 26.2 Å². The highest BCUT2D eigenvalue weighted by Crippen LogP contribution is 2.26. The zero-order valence-electron chi connectivity index (χ0n) is 13.0. The van der Waals surface area contributed by atoms with E-state index in [1.54, 1.807) is 14.2 Å². The van der Waals surface area contributed by atoms with Gasteiger partial charge in [-0.3, -0.25) is 4.79 Å². The van der Waals surface area contributed by atoms with E-state index >= 15 is 0 Å². The molecule has 5 heteroatoms. The van der Waals surface area contributed by atoms with E-state index in [2.05, 4.69) is 5.32 Å². The number of ether oxygens (including phenoxy) is 2. The minimum absolute atomic E-state index is 0.150. The van der Waals surface area contributed by atoms with Crippen LogP contribution in [0, 0.1) is 0 Å². The van der Waals surface area contributed by atoms with Gasteiger partial charge in [0.25, 0.3) is 0 Å². The van der Waals surface area contributed by atoms with E-state index in [0.717, 1.165) is 31.6 Å². The van der Waals surface area contributed by atoms with Crippen LogP contribution >= 0.6 is 0 Å². The topological polar surface area (TPSA) is 50.8 Å². The summed E-state index contributed by atoms with van der Waals surface area (Å²) in [6, 6.07) is 5.27. The van der Waals surface area contributed by atoms with Gasteiger partial charge in [-0.25, -0.2) is 0 Å². The number of hydrogen-bond donors (Lipinski definition) is 1. The monoisotopic (exact) mass is 292 g/mol. The maximum Gasteiger partial charge on any atom is 0.244 e. The van der Waals surface area contributed by atoms with Crippen molar-refractivity contribution in [2.45, 2.75) is 32.2 Å². The molecule has 1 fully saturated rings. The van der Waals surface area contributed by atoms with E-state index < -0.39 is 0 Å². The molecule has 1 aliphatic heterocycles. The summed E-state index contributed by atoms with van der Waals surface area (Å²) in [6.07, 6.45) is 3.43. The van der Waals surface area contributed by atoms with Crippen molar-refractivity contribution in [1.82, 2.24) is 4.90 Å². The van der Waals surface area contributed by atoms with Crippen LogP contribution < -0.4 is 14.8 Å². The third kappa shape index (κ3) is 4.03. The van der Waals surface area contributed by atoms with E-state index in [0.29, 0.717) is 11.5 Å². The largest absolute Gasteiger partial charge is 0.497 e. The lowest BCUT2D eigenvalue weighted by molar-refractivity contribution is -0.132. The lowest BCUT2D eigenvalue weighted by atomic mass is 10.1. The molecule has 0 bridgehead atoms. The Morgan fingerprint density at radius 2 is 1.67 bits per heavy atom. The second kappa shape index (κ2) is 7.20. The van der Waals surface area contributed by atoms with Gasteiger partial charge in [0.15, 0.2) is 0 Å². The highest BCUT2D eigenvalue weighted by atomic mass is 16.5.